The molecular formula is C20H40O2. The molecule has 0 heterocycles. The Kier molecular flexibility index (Phi) is 11.9. The zero-order valence-corrected chi connectivity index (χ0v) is 16.0. The first-order chi connectivity index (χ1) is 10.6. The van der Waals surface area contributed by atoms with E-state index in [0.29, 0.717) is 0 Å². The number of rotatable bonds is 14. The van der Waals surface area contributed by atoms with Gasteiger partial charge in [0.25, 0.3) is 0 Å². The number of hydrogen-bond acceptors (Lipinski definition) is 2. The molecule has 2 nitrogen and oxygen atoms in total. The van der Waals surface area contributed by atoms with E-state index in [2.05, 4.69) is 39.8 Å². The largest absolute Gasteiger partial charge is 0.352 e. The van der Waals surface area contributed by atoms with Gasteiger partial charge in [0.1, 0.15) is 0 Å². The normalized spacial score (nSPS) is 15.4. The summed E-state index contributed by atoms with van der Waals surface area (Å²) >= 11 is 0. The van der Waals surface area contributed by atoms with Crippen LogP contribution in [0.3, 0.4) is 0 Å². The number of unbranched alkanes of at least 4 members (excludes halogenated alkanes) is 5. The van der Waals surface area contributed by atoms with E-state index in [-0.39, 0.29) is 5.41 Å². The summed E-state index contributed by atoms with van der Waals surface area (Å²) in [6.07, 6.45) is 16.7. The molecule has 0 aromatic heterocycles. The maximum absolute atomic E-state index is 5.91. The van der Waals surface area contributed by atoms with Crippen LogP contribution in [-0.2, 0) is 9.47 Å². The van der Waals surface area contributed by atoms with Crippen molar-refractivity contribution >= 4 is 0 Å². The third-order valence-electron chi connectivity index (χ3n) is 5.16. The van der Waals surface area contributed by atoms with Crippen molar-refractivity contribution in [3.05, 3.63) is 12.2 Å². The van der Waals surface area contributed by atoms with E-state index in [1.807, 2.05) is 0 Å². The van der Waals surface area contributed by atoms with Gasteiger partial charge < -0.3 is 9.47 Å². The Morgan fingerprint density at radius 1 is 0.773 bits per heavy atom. The van der Waals surface area contributed by atoms with Crippen molar-refractivity contribution in [1.82, 2.24) is 0 Å². The van der Waals surface area contributed by atoms with Crippen LogP contribution < -0.4 is 0 Å². The van der Waals surface area contributed by atoms with E-state index >= 15 is 0 Å². The van der Waals surface area contributed by atoms with Crippen LogP contribution in [0.4, 0.5) is 0 Å². The van der Waals surface area contributed by atoms with E-state index in [1.165, 1.54) is 38.5 Å². The molecule has 0 radical (unpaired) electrons. The number of methoxy groups -OCH3 is 2. The highest BCUT2D eigenvalue weighted by Gasteiger charge is 2.48. The molecule has 22 heavy (non-hydrogen) atoms. The van der Waals surface area contributed by atoms with Gasteiger partial charge >= 0.3 is 0 Å². The van der Waals surface area contributed by atoms with Gasteiger partial charge in [-0.3, -0.25) is 0 Å². The Morgan fingerprint density at radius 3 is 1.82 bits per heavy atom. The predicted octanol–water partition coefficient (Wildman–Crippen LogP) is 6.50. The lowest BCUT2D eigenvalue weighted by Gasteiger charge is -2.46. The second-order valence-corrected chi connectivity index (χ2v) is 6.35. The van der Waals surface area contributed by atoms with Crippen molar-refractivity contribution in [2.24, 2.45) is 5.41 Å². The summed E-state index contributed by atoms with van der Waals surface area (Å²) in [5, 5.41) is 0. The third kappa shape index (κ3) is 5.70. The fourth-order valence-corrected chi connectivity index (χ4v) is 3.66. The van der Waals surface area contributed by atoms with Crippen molar-refractivity contribution in [2.45, 2.75) is 97.7 Å². The average Bonchev–Trinajstić information content (AvgIpc) is 2.56. The molecule has 0 aliphatic rings. The van der Waals surface area contributed by atoms with Gasteiger partial charge in [-0.1, -0.05) is 78.4 Å². The minimum Gasteiger partial charge on any atom is -0.352 e. The topological polar surface area (TPSA) is 18.5 Å². The van der Waals surface area contributed by atoms with Crippen molar-refractivity contribution in [2.75, 3.05) is 14.2 Å². The van der Waals surface area contributed by atoms with Crippen LogP contribution in [0.25, 0.3) is 0 Å². The zero-order chi connectivity index (χ0) is 16.9. The molecule has 0 bridgehead atoms. The van der Waals surface area contributed by atoms with Crippen LogP contribution in [0.15, 0.2) is 12.2 Å². The molecule has 0 N–H and O–H groups in total. The lowest BCUT2D eigenvalue weighted by atomic mass is 9.71. The van der Waals surface area contributed by atoms with Crippen molar-refractivity contribution < 1.29 is 9.47 Å². The molecule has 0 fully saturated rings. The summed E-state index contributed by atoms with van der Waals surface area (Å²) < 4.78 is 11.8. The Labute approximate surface area is 139 Å². The summed E-state index contributed by atoms with van der Waals surface area (Å²) in [5.41, 5.74) is -0.0218. The summed E-state index contributed by atoms with van der Waals surface area (Å²) in [5.74, 6) is -0.503. The number of hydrogen-bond donors (Lipinski definition) is 0. The number of allylic oxidation sites excluding steroid dienone is 1. The van der Waals surface area contributed by atoms with Gasteiger partial charge in [0.05, 0.1) is 0 Å². The standard InChI is InChI=1S/C20H40O2/c1-7-11-13-14-15-16-18-19(9-3,17-12-8-2)20(10-4,21-5)22-6/h12,17H,7-11,13-16,18H2,1-6H3. The van der Waals surface area contributed by atoms with E-state index in [9.17, 15) is 0 Å². The fourth-order valence-electron chi connectivity index (χ4n) is 3.66. The van der Waals surface area contributed by atoms with E-state index in [0.717, 1.165) is 25.7 Å². The van der Waals surface area contributed by atoms with Gasteiger partial charge in [-0.15, -0.1) is 0 Å². The Hall–Kier alpha value is -0.340. The highest BCUT2D eigenvalue weighted by molar-refractivity contribution is 5.07. The SMILES string of the molecule is CCC=CC(CC)(CCCCCCCC)C(CC)(OC)OC. The first-order valence-corrected chi connectivity index (χ1v) is 9.39. The first kappa shape index (κ1) is 21.7. The smallest absolute Gasteiger partial charge is 0.176 e. The van der Waals surface area contributed by atoms with Crippen LogP contribution in [-0.4, -0.2) is 20.0 Å². The summed E-state index contributed by atoms with van der Waals surface area (Å²) in [6.45, 7) is 8.89. The Morgan fingerprint density at radius 2 is 1.36 bits per heavy atom. The molecule has 0 saturated heterocycles. The zero-order valence-electron chi connectivity index (χ0n) is 16.0. The van der Waals surface area contributed by atoms with Gasteiger partial charge in [-0.2, -0.15) is 0 Å². The predicted molar refractivity (Wildman–Crippen MR) is 97.2 cm³/mol. The maximum atomic E-state index is 5.91. The molecule has 0 aromatic carbocycles. The van der Waals surface area contributed by atoms with E-state index in [4.69, 9.17) is 9.47 Å². The van der Waals surface area contributed by atoms with E-state index in [1.54, 1.807) is 14.2 Å². The molecule has 0 saturated carbocycles. The maximum Gasteiger partial charge on any atom is 0.176 e. The lowest BCUT2D eigenvalue weighted by molar-refractivity contribution is -0.268. The van der Waals surface area contributed by atoms with Crippen molar-refractivity contribution in [3.8, 4) is 0 Å². The molecule has 132 valence electrons. The highest BCUT2D eigenvalue weighted by atomic mass is 16.7. The monoisotopic (exact) mass is 312 g/mol. The van der Waals surface area contributed by atoms with Crippen LogP contribution >= 0.6 is 0 Å². The summed E-state index contributed by atoms with van der Waals surface area (Å²) in [4.78, 5) is 0. The quantitative estimate of drug-likeness (QED) is 0.207. The fraction of sp³-hybridized carbons (Fsp3) is 0.900. The van der Waals surface area contributed by atoms with Crippen LogP contribution in [0.5, 0.6) is 0 Å². The molecule has 0 aliphatic carbocycles. The second-order valence-electron chi connectivity index (χ2n) is 6.35. The van der Waals surface area contributed by atoms with Gasteiger partial charge in [0, 0.05) is 19.6 Å². The van der Waals surface area contributed by atoms with Crippen molar-refractivity contribution in [3.63, 3.8) is 0 Å². The number of ether oxygens (including phenoxy) is 2. The second kappa shape index (κ2) is 12.1. The molecule has 2 heteroatoms. The minimum absolute atomic E-state index is 0.0218. The molecule has 1 unspecified atom stereocenters. The molecular weight excluding hydrogens is 272 g/mol. The lowest BCUT2D eigenvalue weighted by Crippen LogP contribution is -2.49. The van der Waals surface area contributed by atoms with Gasteiger partial charge in [-0.25, -0.2) is 0 Å². The van der Waals surface area contributed by atoms with Gasteiger partial charge in [0.2, 0.25) is 0 Å². The van der Waals surface area contributed by atoms with Crippen LogP contribution in [0.1, 0.15) is 91.9 Å². The molecule has 0 spiro atoms. The Bertz CT molecular complexity index is 273. The molecule has 0 amide bonds. The van der Waals surface area contributed by atoms with Crippen molar-refractivity contribution in [1.29, 1.82) is 0 Å². The average molecular weight is 313 g/mol. The minimum atomic E-state index is -0.503. The molecule has 0 aromatic rings. The van der Waals surface area contributed by atoms with Gasteiger partial charge in [0.15, 0.2) is 5.79 Å². The summed E-state index contributed by atoms with van der Waals surface area (Å²) in [6, 6.07) is 0. The third-order valence-corrected chi connectivity index (χ3v) is 5.16. The van der Waals surface area contributed by atoms with Crippen LogP contribution in [0, 0.1) is 5.41 Å². The van der Waals surface area contributed by atoms with E-state index < -0.39 is 5.79 Å². The van der Waals surface area contributed by atoms with Gasteiger partial charge in [-0.05, 0) is 25.7 Å². The molecule has 0 aliphatic heterocycles. The summed E-state index contributed by atoms with van der Waals surface area (Å²) in [7, 11) is 3.58. The Balaban J connectivity index is 4.96. The first-order valence-electron chi connectivity index (χ1n) is 9.39. The van der Waals surface area contributed by atoms with Crippen LogP contribution in [0.2, 0.25) is 0 Å². The highest BCUT2D eigenvalue weighted by Crippen LogP contribution is 2.46. The molecule has 0 rings (SSSR count). The molecule has 1 atom stereocenters.